The van der Waals surface area contributed by atoms with E-state index in [-0.39, 0.29) is 11.6 Å². The average Bonchev–Trinajstić information content (AvgIpc) is 2.21. The van der Waals surface area contributed by atoms with Gasteiger partial charge in [-0.15, -0.1) is 0 Å². The molecule has 0 saturated carbocycles. The van der Waals surface area contributed by atoms with Crippen LogP contribution in [0.15, 0.2) is 29.3 Å². The fraction of sp³-hybridized carbons (Fsp3) is 0.308. The summed E-state index contributed by atoms with van der Waals surface area (Å²) in [5.74, 6) is -0.627. The molecule has 1 aliphatic heterocycles. The van der Waals surface area contributed by atoms with Gasteiger partial charge in [0.1, 0.15) is 5.82 Å². The van der Waals surface area contributed by atoms with E-state index in [1.54, 1.807) is 26.0 Å². The van der Waals surface area contributed by atoms with Crippen LogP contribution in [0.3, 0.4) is 0 Å². The third-order valence-electron chi connectivity index (χ3n) is 3.01. The molecule has 2 rings (SSSR count). The largest absolute Gasteiger partial charge is 0.320 e. The molecule has 1 fully saturated rings. The molecule has 1 saturated heterocycles. The Labute approximate surface area is 99.7 Å². The molecule has 1 aromatic carbocycles. The number of anilines is 1. The number of hydrogen-bond donors (Lipinski definition) is 2. The maximum Gasteiger partial charge on any atom is 0.251 e. The van der Waals surface area contributed by atoms with Gasteiger partial charge in [0.15, 0.2) is 0 Å². The monoisotopic (exact) mass is 234 g/mol. The van der Waals surface area contributed by atoms with Crippen molar-refractivity contribution in [1.82, 2.24) is 5.32 Å². The number of aryl methyl sites for hydroxylation is 1. The third kappa shape index (κ3) is 2.36. The second-order valence-corrected chi connectivity index (χ2v) is 4.22. The SMILES string of the molecule is CC(C(=O)Nc1c(C)cccc1F)=C1CNC1. The van der Waals surface area contributed by atoms with E-state index >= 15 is 0 Å². The minimum absolute atomic E-state index is 0.227. The summed E-state index contributed by atoms with van der Waals surface area (Å²) in [5, 5.41) is 5.70. The van der Waals surface area contributed by atoms with Crippen molar-refractivity contribution in [2.24, 2.45) is 0 Å². The Morgan fingerprint density at radius 2 is 2.12 bits per heavy atom. The maximum absolute atomic E-state index is 13.5. The summed E-state index contributed by atoms with van der Waals surface area (Å²) >= 11 is 0. The Bertz CT molecular complexity index is 468. The standard InChI is InChI=1S/C13H15FN2O/c1-8-4-3-5-11(14)12(8)16-13(17)9(2)10-6-15-7-10/h3-5,15H,6-7H2,1-2H3,(H,16,17). The molecule has 1 aliphatic rings. The lowest BCUT2D eigenvalue weighted by Gasteiger charge is -2.21. The second kappa shape index (κ2) is 4.67. The van der Waals surface area contributed by atoms with Crippen LogP contribution < -0.4 is 10.6 Å². The Balaban J connectivity index is 2.19. The number of carbonyl (C=O) groups excluding carboxylic acids is 1. The van der Waals surface area contributed by atoms with Crippen molar-refractivity contribution < 1.29 is 9.18 Å². The summed E-state index contributed by atoms with van der Waals surface area (Å²) in [6.45, 7) is 5.03. The number of amides is 1. The van der Waals surface area contributed by atoms with Crippen LogP contribution in [0.1, 0.15) is 12.5 Å². The Morgan fingerprint density at radius 1 is 1.41 bits per heavy atom. The molecule has 1 heterocycles. The zero-order chi connectivity index (χ0) is 12.4. The summed E-state index contributed by atoms with van der Waals surface area (Å²) in [6, 6.07) is 4.74. The van der Waals surface area contributed by atoms with Crippen molar-refractivity contribution in [2.75, 3.05) is 18.4 Å². The minimum atomic E-state index is -0.400. The molecule has 0 atom stereocenters. The highest BCUT2D eigenvalue weighted by Crippen LogP contribution is 2.20. The van der Waals surface area contributed by atoms with E-state index in [1.165, 1.54) is 6.07 Å². The number of halogens is 1. The van der Waals surface area contributed by atoms with Gasteiger partial charge < -0.3 is 10.6 Å². The number of rotatable bonds is 2. The first kappa shape index (κ1) is 11.8. The van der Waals surface area contributed by atoms with Gasteiger partial charge in [-0.1, -0.05) is 12.1 Å². The highest BCUT2D eigenvalue weighted by Gasteiger charge is 2.17. The first-order valence-electron chi connectivity index (χ1n) is 5.55. The van der Waals surface area contributed by atoms with Crippen LogP contribution >= 0.6 is 0 Å². The van der Waals surface area contributed by atoms with E-state index in [4.69, 9.17) is 0 Å². The van der Waals surface area contributed by atoms with Gasteiger partial charge in [-0.2, -0.15) is 0 Å². The smallest absolute Gasteiger partial charge is 0.251 e. The molecule has 3 nitrogen and oxygen atoms in total. The summed E-state index contributed by atoms with van der Waals surface area (Å²) in [6.07, 6.45) is 0. The molecule has 90 valence electrons. The van der Waals surface area contributed by atoms with Crippen molar-refractivity contribution in [3.8, 4) is 0 Å². The van der Waals surface area contributed by atoms with Gasteiger partial charge in [-0.25, -0.2) is 4.39 Å². The molecule has 0 aliphatic carbocycles. The predicted octanol–water partition coefficient (Wildman–Crippen LogP) is 1.99. The van der Waals surface area contributed by atoms with E-state index in [1.807, 2.05) is 0 Å². The van der Waals surface area contributed by atoms with Gasteiger partial charge in [0.05, 0.1) is 5.69 Å². The van der Waals surface area contributed by atoms with Gasteiger partial charge in [0, 0.05) is 18.7 Å². The summed E-state index contributed by atoms with van der Waals surface area (Å²) in [7, 11) is 0. The number of carbonyl (C=O) groups is 1. The van der Waals surface area contributed by atoms with E-state index in [0.29, 0.717) is 5.57 Å². The topological polar surface area (TPSA) is 41.1 Å². The molecule has 1 aromatic rings. The molecule has 0 bridgehead atoms. The van der Waals surface area contributed by atoms with Crippen LogP contribution in [-0.4, -0.2) is 19.0 Å². The van der Waals surface area contributed by atoms with Gasteiger partial charge in [-0.3, -0.25) is 4.79 Å². The molecule has 0 spiro atoms. The van der Waals surface area contributed by atoms with E-state index < -0.39 is 5.82 Å². The fourth-order valence-electron chi connectivity index (χ4n) is 1.67. The highest BCUT2D eigenvalue weighted by molar-refractivity contribution is 6.04. The van der Waals surface area contributed by atoms with Gasteiger partial charge >= 0.3 is 0 Å². The minimum Gasteiger partial charge on any atom is -0.320 e. The van der Waals surface area contributed by atoms with Crippen LogP contribution in [0, 0.1) is 12.7 Å². The number of hydrogen-bond acceptors (Lipinski definition) is 2. The van der Waals surface area contributed by atoms with Crippen molar-refractivity contribution in [1.29, 1.82) is 0 Å². The lowest BCUT2D eigenvalue weighted by Crippen LogP contribution is -2.36. The quantitative estimate of drug-likeness (QED) is 0.768. The normalized spacial score (nSPS) is 14.2. The van der Waals surface area contributed by atoms with Crippen LogP contribution in [-0.2, 0) is 4.79 Å². The Morgan fingerprint density at radius 3 is 2.65 bits per heavy atom. The number of para-hydroxylation sites is 1. The Hall–Kier alpha value is -1.68. The molecule has 0 unspecified atom stereocenters. The molecule has 0 aromatic heterocycles. The van der Waals surface area contributed by atoms with Crippen molar-refractivity contribution in [3.63, 3.8) is 0 Å². The fourth-order valence-corrected chi connectivity index (χ4v) is 1.67. The molecule has 0 radical (unpaired) electrons. The van der Waals surface area contributed by atoms with Gasteiger partial charge in [0.2, 0.25) is 0 Å². The van der Waals surface area contributed by atoms with Crippen LogP contribution in [0.4, 0.5) is 10.1 Å². The molecular weight excluding hydrogens is 219 g/mol. The zero-order valence-corrected chi connectivity index (χ0v) is 9.93. The van der Waals surface area contributed by atoms with Gasteiger partial charge in [0.25, 0.3) is 5.91 Å². The van der Waals surface area contributed by atoms with Crippen LogP contribution in [0.2, 0.25) is 0 Å². The van der Waals surface area contributed by atoms with Crippen LogP contribution in [0.5, 0.6) is 0 Å². The molecule has 17 heavy (non-hydrogen) atoms. The number of nitrogens with one attached hydrogen (secondary N) is 2. The highest BCUT2D eigenvalue weighted by atomic mass is 19.1. The lowest BCUT2D eigenvalue weighted by atomic mass is 10.0. The molecule has 2 N–H and O–H groups in total. The van der Waals surface area contributed by atoms with Crippen LogP contribution in [0.25, 0.3) is 0 Å². The zero-order valence-electron chi connectivity index (χ0n) is 9.93. The van der Waals surface area contributed by atoms with Crippen molar-refractivity contribution >= 4 is 11.6 Å². The Kier molecular flexibility index (Phi) is 3.24. The summed E-state index contributed by atoms with van der Waals surface area (Å²) in [5.41, 5.74) is 2.75. The molecule has 1 amide bonds. The van der Waals surface area contributed by atoms with Crippen molar-refractivity contribution in [2.45, 2.75) is 13.8 Å². The summed E-state index contributed by atoms with van der Waals surface area (Å²) in [4.78, 5) is 11.9. The molecular formula is C13H15FN2O. The molecule has 4 heteroatoms. The van der Waals surface area contributed by atoms with Gasteiger partial charge in [-0.05, 0) is 31.1 Å². The van der Waals surface area contributed by atoms with E-state index in [0.717, 1.165) is 24.2 Å². The first-order valence-corrected chi connectivity index (χ1v) is 5.55. The first-order chi connectivity index (χ1) is 8.09. The van der Waals surface area contributed by atoms with Crippen molar-refractivity contribution in [3.05, 3.63) is 40.7 Å². The van der Waals surface area contributed by atoms with E-state index in [2.05, 4.69) is 10.6 Å². The predicted molar refractivity (Wildman–Crippen MR) is 65.3 cm³/mol. The second-order valence-electron chi connectivity index (χ2n) is 4.22. The maximum atomic E-state index is 13.5. The third-order valence-corrected chi connectivity index (χ3v) is 3.01. The number of benzene rings is 1. The summed E-state index contributed by atoms with van der Waals surface area (Å²) < 4.78 is 13.5. The lowest BCUT2D eigenvalue weighted by molar-refractivity contribution is -0.112. The van der Waals surface area contributed by atoms with E-state index in [9.17, 15) is 9.18 Å². The average molecular weight is 234 g/mol.